The van der Waals surface area contributed by atoms with Crippen LogP contribution in [-0.4, -0.2) is 25.9 Å². The minimum atomic E-state index is -4.84. The molecule has 0 fully saturated rings. The number of hydrogen-bond donors (Lipinski definition) is 4. The van der Waals surface area contributed by atoms with Crippen molar-refractivity contribution in [3.8, 4) is 0 Å². The van der Waals surface area contributed by atoms with Gasteiger partial charge in [0, 0.05) is 22.5 Å². The normalized spacial score (nSPS) is 23.6. The van der Waals surface area contributed by atoms with E-state index in [1.165, 1.54) is 0 Å². The van der Waals surface area contributed by atoms with Gasteiger partial charge in [-0.3, -0.25) is 9.11 Å². The molecule has 2 aromatic carbocycles. The molecule has 10 nitrogen and oxygen atoms in total. The number of benzene rings is 2. The largest absolute Gasteiger partial charge is 0.398 e. The van der Waals surface area contributed by atoms with Crippen LogP contribution < -0.4 is 10.6 Å². The number of fused-ring (bicyclic) bond motifs is 2. The van der Waals surface area contributed by atoms with Crippen LogP contribution in [0.5, 0.6) is 0 Å². The minimum absolute atomic E-state index is 0.115. The number of para-hydroxylation sites is 2. The molecule has 4 N–H and O–H groups in total. The fourth-order valence-electron chi connectivity index (χ4n) is 3.27. The van der Waals surface area contributed by atoms with Crippen molar-refractivity contribution in [2.24, 2.45) is 0 Å². The molecule has 12 heteroatoms. The van der Waals surface area contributed by atoms with E-state index in [0.717, 1.165) is 0 Å². The zero-order valence-corrected chi connectivity index (χ0v) is 15.6. The third-order valence-electron chi connectivity index (χ3n) is 4.28. The Kier molecular flexibility index (Phi) is 4.41. The van der Waals surface area contributed by atoms with Gasteiger partial charge in [0.05, 0.1) is 11.4 Å². The van der Waals surface area contributed by atoms with E-state index >= 15 is 0 Å². The molecular weight excluding hydrogens is 412 g/mol. The lowest BCUT2D eigenvalue weighted by Gasteiger charge is -2.18. The van der Waals surface area contributed by atoms with Crippen molar-refractivity contribution >= 4 is 32.2 Å². The lowest BCUT2D eigenvalue weighted by molar-refractivity contribution is 0.202. The summed E-state index contributed by atoms with van der Waals surface area (Å²) in [4.78, 5) is 0. The predicted octanol–water partition coefficient (Wildman–Crippen LogP) is 2.17. The summed E-state index contributed by atoms with van der Waals surface area (Å²) in [7, 11) is -9.69. The summed E-state index contributed by atoms with van der Waals surface area (Å²) in [5.74, 6) is 0. The standard InChI is InChI=1S/C16H14N2O8S2/c19-27(20,21)25-15-9-5-1-3-7-11(9)17-13(15)14-16(26-28(22,23)24)10-6-2-4-8-12(10)18-14/h1-8,15-18H,(H,19,20,21)(H,22,23,24)/b14-13+. The van der Waals surface area contributed by atoms with Crippen LogP contribution in [0.1, 0.15) is 23.3 Å². The highest BCUT2D eigenvalue weighted by atomic mass is 32.3. The van der Waals surface area contributed by atoms with E-state index in [9.17, 15) is 25.9 Å². The van der Waals surface area contributed by atoms with E-state index in [1.54, 1.807) is 48.5 Å². The van der Waals surface area contributed by atoms with Crippen molar-refractivity contribution < 1.29 is 34.3 Å². The molecule has 148 valence electrons. The average Bonchev–Trinajstić information content (AvgIpc) is 3.11. The van der Waals surface area contributed by atoms with Crippen LogP contribution in [0, 0.1) is 0 Å². The molecular formula is C16H14N2O8S2. The molecule has 0 saturated heterocycles. The van der Waals surface area contributed by atoms with E-state index < -0.39 is 33.0 Å². The van der Waals surface area contributed by atoms with Crippen LogP contribution in [0.25, 0.3) is 0 Å². The summed E-state index contributed by atoms with van der Waals surface area (Å²) < 4.78 is 73.6. The van der Waals surface area contributed by atoms with E-state index in [2.05, 4.69) is 10.6 Å². The summed E-state index contributed by atoms with van der Waals surface area (Å²) in [6, 6.07) is 13.2. The number of rotatable bonds is 4. The highest BCUT2D eigenvalue weighted by Crippen LogP contribution is 2.48. The van der Waals surface area contributed by atoms with Crippen molar-refractivity contribution in [2.45, 2.75) is 12.2 Å². The van der Waals surface area contributed by atoms with Crippen LogP contribution in [-0.2, 0) is 29.2 Å². The number of anilines is 2. The summed E-state index contributed by atoms with van der Waals surface area (Å²) in [6.45, 7) is 0. The maximum atomic E-state index is 11.4. The van der Waals surface area contributed by atoms with Gasteiger partial charge in [-0.15, -0.1) is 0 Å². The molecule has 2 aliphatic rings. The fraction of sp³-hybridized carbons (Fsp3) is 0.125. The van der Waals surface area contributed by atoms with E-state index in [0.29, 0.717) is 22.5 Å². The van der Waals surface area contributed by atoms with E-state index in [-0.39, 0.29) is 11.4 Å². The third kappa shape index (κ3) is 3.61. The molecule has 0 bridgehead atoms. The Balaban J connectivity index is 1.88. The lowest BCUT2D eigenvalue weighted by atomic mass is 10.1. The SMILES string of the molecule is O=S(=O)(O)OC1/C(=C2\Nc3ccccc3C2OS(=O)(=O)O)Nc2ccccc21. The molecule has 0 radical (unpaired) electrons. The second-order valence-corrected chi connectivity index (χ2v) is 8.16. The lowest BCUT2D eigenvalue weighted by Crippen LogP contribution is -2.19. The van der Waals surface area contributed by atoms with Crippen molar-refractivity contribution in [2.75, 3.05) is 10.6 Å². The van der Waals surface area contributed by atoms with Crippen molar-refractivity contribution in [3.63, 3.8) is 0 Å². The predicted molar refractivity (Wildman–Crippen MR) is 97.9 cm³/mol. The Hall–Kier alpha value is -2.48. The van der Waals surface area contributed by atoms with Gasteiger partial charge in [0.1, 0.15) is 12.2 Å². The zero-order valence-electron chi connectivity index (χ0n) is 13.9. The maximum absolute atomic E-state index is 11.4. The zero-order chi connectivity index (χ0) is 20.1. The van der Waals surface area contributed by atoms with E-state index in [4.69, 9.17) is 8.37 Å². The molecule has 4 rings (SSSR count). The number of hydrogen-bond acceptors (Lipinski definition) is 8. The molecule has 28 heavy (non-hydrogen) atoms. The number of nitrogens with one attached hydrogen (secondary N) is 2. The van der Waals surface area contributed by atoms with Gasteiger partial charge in [0.2, 0.25) is 0 Å². The van der Waals surface area contributed by atoms with Crippen LogP contribution in [0.2, 0.25) is 0 Å². The van der Waals surface area contributed by atoms with Gasteiger partial charge in [0.25, 0.3) is 0 Å². The molecule has 2 heterocycles. The van der Waals surface area contributed by atoms with Crippen molar-refractivity contribution in [1.29, 1.82) is 0 Å². The fourth-order valence-corrected chi connectivity index (χ4v) is 4.16. The Labute approximate surface area is 160 Å². The van der Waals surface area contributed by atoms with Crippen LogP contribution >= 0.6 is 0 Å². The van der Waals surface area contributed by atoms with Gasteiger partial charge in [0.15, 0.2) is 0 Å². The summed E-state index contributed by atoms with van der Waals surface area (Å²) in [6.07, 6.45) is -2.56. The Morgan fingerprint density at radius 3 is 1.39 bits per heavy atom. The molecule has 0 amide bonds. The highest BCUT2D eigenvalue weighted by Gasteiger charge is 2.40. The summed E-state index contributed by atoms with van der Waals surface area (Å²) in [5.41, 5.74) is 2.05. The molecule has 2 atom stereocenters. The summed E-state index contributed by atoms with van der Waals surface area (Å²) >= 11 is 0. The van der Waals surface area contributed by atoms with Crippen LogP contribution in [0.4, 0.5) is 11.4 Å². The maximum Gasteiger partial charge on any atom is 0.398 e. The molecule has 0 spiro atoms. The first-order valence-corrected chi connectivity index (χ1v) is 10.6. The van der Waals surface area contributed by atoms with Gasteiger partial charge < -0.3 is 10.6 Å². The van der Waals surface area contributed by atoms with Gasteiger partial charge in [-0.2, -0.15) is 16.8 Å². The Morgan fingerprint density at radius 1 is 0.679 bits per heavy atom. The third-order valence-corrected chi connectivity index (χ3v) is 5.15. The van der Waals surface area contributed by atoms with Crippen molar-refractivity contribution in [1.82, 2.24) is 0 Å². The second kappa shape index (κ2) is 6.55. The van der Waals surface area contributed by atoms with Crippen molar-refractivity contribution in [3.05, 3.63) is 71.1 Å². The monoisotopic (exact) mass is 426 g/mol. The molecule has 0 aliphatic carbocycles. The van der Waals surface area contributed by atoms with Gasteiger partial charge >= 0.3 is 20.8 Å². The van der Waals surface area contributed by atoms with Crippen LogP contribution in [0.15, 0.2) is 59.9 Å². The molecule has 2 unspecified atom stereocenters. The Bertz CT molecular complexity index is 1100. The van der Waals surface area contributed by atoms with E-state index in [1.807, 2.05) is 0 Å². The molecule has 2 aromatic rings. The quantitative estimate of drug-likeness (QED) is 0.535. The minimum Gasteiger partial charge on any atom is -0.355 e. The molecule has 2 aliphatic heterocycles. The topological polar surface area (TPSA) is 151 Å². The molecule has 0 saturated carbocycles. The first-order valence-electron chi connectivity index (χ1n) is 7.90. The average molecular weight is 426 g/mol. The smallest absolute Gasteiger partial charge is 0.355 e. The molecule has 0 aromatic heterocycles. The van der Waals surface area contributed by atoms with Gasteiger partial charge in [-0.05, 0) is 12.1 Å². The van der Waals surface area contributed by atoms with Crippen LogP contribution in [0.3, 0.4) is 0 Å². The second-order valence-electron chi connectivity index (χ2n) is 6.06. The van der Waals surface area contributed by atoms with Gasteiger partial charge in [-0.25, -0.2) is 8.37 Å². The Morgan fingerprint density at radius 2 is 1.04 bits per heavy atom. The first kappa shape index (κ1) is 18.9. The first-order chi connectivity index (χ1) is 13.1. The summed E-state index contributed by atoms with van der Waals surface area (Å²) in [5, 5.41) is 5.92. The van der Waals surface area contributed by atoms with Gasteiger partial charge in [-0.1, -0.05) is 36.4 Å². The highest BCUT2D eigenvalue weighted by molar-refractivity contribution is 7.81.